The van der Waals surface area contributed by atoms with Crippen molar-refractivity contribution in [1.82, 2.24) is 10.2 Å². The van der Waals surface area contributed by atoms with Crippen LogP contribution in [0.5, 0.6) is 0 Å². The molecule has 6 heteroatoms. The van der Waals surface area contributed by atoms with Crippen molar-refractivity contribution < 1.29 is 9.59 Å². The highest BCUT2D eigenvalue weighted by atomic mass is 35.5. The Hall–Kier alpha value is -2.76. The first-order valence-electron chi connectivity index (χ1n) is 12.3. The Bertz CT molecular complexity index is 1100. The lowest BCUT2D eigenvalue weighted by Crippen LogP contribution is -2.51. The summed E-state index contributed by atoms with van der Waals surface area (Å²) in [5.41, 5.74) is 4.35. The van der Waals surface area contributed by atoms with Crippen LogP contribution in [0.1, 0.15) is 36.1 Å². The van der Waals surface area contributed by atoms with Gasteiger partial charge in [-0.25, -0.2) is 0 Å². The van der Waals surface area contributed by atoms with Crippen molar-refractivity contribution in [3.63, 3.8) is 0 Å². The van der Waals surface area contributed by atoms with E-state index in [9.17, 15) is 9.59 Å². The molecule has 3 aromatic rings. The third-order valence-corrected chi connectivity index (χ3v) is 7.08. The second kappa shape index (κ2) is 14.1. The van der Waals surface area contributed by atoms with E-state index in [4.69, 9.17) is 11.6 Å². The first kappa shape index (κ1) is 27.8. The molecule has 1 N–H and O–H groups in total. The van der Waals surface area contributed by atoms with E-state index in [-0.39, 0.29) is 11.8 Å². The quantitative estimate of drug-likeness (QED) is 0.304. The minimum Gasteiger partial charge on any atom is -0.354 e. The third-order valence-electron chi connectivity index (χ3n) is 5.84. The van der Waals surface area contributed by atoms with Gasteiger partial charge in [-0.1, -0.05) is 97.7 Å². The van der Waals surface area contributed by atoms with Crippen LogP contribution in [0, 0.1) is 12.8 Å². The number of hydrogen-bond acceptors (Lipinski definition) is 3. The number of amides is 2. The van der Waals surface area contributed by atoms with Gasteiger partial charge in [0.25, 0.3) is 0 Å². The summed E-state index contributed by atoms with van der Waals surface area (Å²) in [5, 5.41) is 3.70. The maximum Gasteiger partial charge on any atom is 0.243 e. The molecule has 0 aliphatic rings. The molecule has 0 unspecified atom stereocenters. The smallest absolute Gasteiger partial charge is 0.243 e. The van der Waals surface area contributed by atoms with Crippen LogP contribution in [0.2, 0.25) is 5.02 Å². The molecule has 190 valence electrons. The molecule has 0 aromatic heterocycles. The number of halogens is 1. The van der Waals surface area contributed by atoms with Gasteiger partial charge in [0, 0.05) is 30.3 Å². The molecule has 0 aliphatic heterocycles. The van der Waals surface area contributed by atoms with Gasteiger partial charge >= 0.3 is 0 Å². The van der Waals surface area contributed by atoms with Crippen molar-refractivity contribution in [3.05, 3.63) is 106 Å². The lowest BCUT2D eigenvalue weighted by atomic mass is 10.0. The minimum absolute atomic E-state index is 0.0531. The van der Waals surface area contributed by atoms with Crippen LogP contribution in [-0.2, 0) is 28.3 Å². The summed E-state index contributed by atoms with van der Waals surface area (Å²) >= 11 is 7.66. The van der Waals surface area contributed by atoms with E-state index in [1.807, 2.05) is 54.6 Å². The molecule has 3 aromatic carbocycles. The Morgan fingerprint density at radius 1 is 0.889 bits per heavy atom. The van der Waals surface area contributed by atoms with Crippen LogP contribution in [0.4, 0.5) is 0 Å². The number of carbonyl (C=O) groups is 2. The number of hydrogen-bond donors (Lipinski definition) is 1. The standard InChI is InChI=1S/C30H35ClN2O2S/c1-22(2)18-32-30(35)28(17-24-7-5-4-6-8-24)33(19-25-13-15-27(31)16-14-25)29(34)21-36-20-26-11-9-23(3)10-12-26/h4-16,22,28H,17-21H2,1-3H3,(H,32,35)/t28-/m1/s1. The maximum absolute atomic E-state index is 13.6. The van der Waals surface area contributed by atoms with Gasteiger partial charge in [0.15, 0.2) is 0 Å². The van der Waals surface area contributed by atoms with E-state index in [1.165, 1.54) is 11.1 Å². The van der Waals surface area contributed by atoms with Crippen LogP contribution in [0.25, 0.3) is 0 Å². The SMILES string of the molecule is Cc1ccc(CSCC(=O)N(Cc2ccc(Cl)cc2)[C@H](Cc2ccccc2)C(=O)NCC(C)C)cc1. The van der Waals surface area contributed by atoms with Crippen molar-refractivity contribution in [2.45, 2.75) is 45.5 Å². The first-order valence-corrected chi connectivity index (χ1v) is 13.8. The number of nitrogens with one attached hydrogen (secondary N) is 1. The van der Waals surface area contributed by atoms with Crippen molar-refractivity contribution in [2.75, 3.05) is 12.3 Å². The zero-order valence-corrected chi connectivity index (χ0v) is 22.8. The van der Waals surface area contributed by atoms with Crippen molar-refractivity contribution >= 4 is 35.2 Å². The molecule has 0 saturated carbocycles. The van der Waals surface area contributed by atoms with E-state index < -0.39 is 6.04 Å². The Morgan fingerprint density at radius 2 is 1.53 bits per heavy atom. The lowest BCUT2D eigenvalue weighted by Gasteiger charge is -2.32. The normalized spacial score (nSPS) is 11.8. The number of nitrogens with zero attached hydrogens (tertiary/aromatic N) is 1. The Labute approximate surface area is 224 Å². The molecular weight excluding hydrogens is 488 g/mol. The van der Waals surface area contributed by atoms with Crippen molar-refractivity contribution in [3.8, 4) is 0 Å². The van der Waals surface area contributed by atoms with E-state index in [2.05, 4.69) is 50.4 Å². The zero-order chi connectivity index (χ0) is 25.9. The van der Waals surface area contributed by atoms with Gasteiger partial charge in [-0.3, -0.25) is 9.59 Å². The number of carbonyl (C=O) groups excluding carboxylic acids is 2. The van der Waals surface area contributed by atoms with Gasteiger partial charge in [0.2, 0.25) is 11.8 Å². The molecule has 4 nitrogen and oxygen atoms in total. The fraction of sp³-hybridized carbons (Fsp3) is 0.333. The highest BCUT2D eigenvalue weighted by molar-refractivity contribution is 7.99. The number of rotatable bonds is 12. The van der Waals surface area contributed by atoms with Crippen LogP contribution in [-0.4, -0.2) is 35.1 Å². The fourth-order valence-corrected chi connectivity index (χ4v) is 4.78. The molecule has 0 saturated heterocycles. The molecule has 3 rings (SSSR count). The summed E-state index contributed by atoms with van der Waals surface area (Å²) < 4.78 is 0. The summed E-state index contributed by atoms with van der Waals surface area (Å²) in [5.74, 6) is 1.17. The first-order chi connectivity index (χ1) is 17.3. The van der Waals surface area contributed by atoms with Crippen LogP contribution in [0.15, 0.2) is 78.9 Å². The molecular formula is C30H35ClN2O2S. The van der Waals surface area contributed by atoms with Gasteiger partial charge in [-0.15, -0.1) is 11.8 Å². The summed E-state index contributed by atoms with van der Waals surface area (Å²) in [4.78, 5) is 28.8. The molecule has 0 heterocycles. The average molecular weight is 523 g/mol. The molecule has 2 amide bonds. The average Bonchev–Trinajstić information content (AvgIpc) is 2.87. The predicted octanol–water partition coefficient (Wildman–Crippen LogP) is 6.29. The monoisotopic (exact) mass is 522 g/mol. The molecule has 0 radical (unpaired) electrons. The van der Waals surface area contributed by atoms with Crippen LogP contribution >= 0.6 is 23.4 Å². The van der Waals surface area contributed by atoms with E-state index in [0.717, 1.165) is 16.9 Å². The second-order valence-electron chi connectivity index (χ2n) is 9.47. The molecule has 0 spiro atoms. The molecule has 0 aliphatic carbocycles. The number of aryl methyl sites for hydroxylation is 1. The predicted molar refractivity (Wildman–Crippen MR) is 151 cm³/mol. The van der Waals surface area contributed by atoms with Gasteiger partial charge in [-0.05, 0) is 41.7 Å². The van der Waals surface area contributed by atoms with Crippen LogP contribution in [0.3, 0.4) is 0 Å². The molecule has 1 atom stereocenters. The minimum atomic E-state index is -0.616. The van der Waals surface area contributed by atoms with E-state index in [0.29, 0.717) is 36.2 Å². The fourth-order valence-electron chi connectivity index (χ4n) is 3.79. The second-order valence-corrected chi connectivity index (χ2v) is 10.9. The summed E-state index contributed by atoms with van der Waals surface area (Å²) in [6, 6.07) is 25.1. The Morgan fingerprint density at radius 3 is 2.17 bits per heavy atom. The third kappa shape index (κ3) is 9.03. The Balaban J connectivity index is 1.82. The van der Waals surface area contributed by atoms with Gasteiger partial charge in [0.05, 0.1) is 5.75 Å². The highest BCUT2D eigenvalue weighted by Crippen LogP contribution is 2.20. The molecule has 0 bridgehead atoms. The molecule has 0 fully saturated rings. The summed E-state index contributed by atoms with van der Waals surface area (Å²) in [6.07, 6.45) is 0.451. The zero-order valence-electron chi connectivity index (χ0n) is 21.2. The van der Waals surface area contributed by atoms with Crippen LogP contribution < -0.4 is 5.32 Å². The number of thioether (sulfide) groups is 1. The molecule has 36 heavy (non-hydrogen) atoms. The van der Waals surface area contributed by atoms with E-state index >= 15 is 0 Å². The van der Waals surface area contributed by atoms with E-state index in [1.54, 1.807) is 16.7 Å². The summed E-state index contributed by atoms with van der Waals surface area (Å²) in [6.45, 7) is 7.09. The van der Waals surface area contributed by atoms with Gasteiger partial charge in [-0.2, -0.15) is 0 Å². The van der Waals surface area contributed by atoms with Crippen molar-refractivity contribution in [2.24, 2.45) is 5.92 Å². The highest BCUT2D eigenvalue weighted by Gasteiger charge is 2.30. The lowest BCUT2D eigenvalue weighted by molar-refractivity contribution is -0.139. The van der Waals surface area contributed by atoms with Gasteiger partial charge < -0.3 is 10.2 Å². The Kier molecular flexibility index (Phi) is 10.9. The largest absolute Gasteiger partial charge is 0.354 e. The summed E-state index contributed by atoms with van der Waals surface area (Å²) in [7, 11) is 0. The topological polar surface area (TPSA) is 49.4 Å². The van der Waals surface area contributed by atoms with Crippen molar-refractivity contribution in [1.29, 1.82) is 0 Å². The maximum atomic E-state index is 13.6. The van der Waals surface area contributed by atoms with Gasteiger partial charge in [0.1, 0.15) is 6.04 Å². The number of benzene rings is 3.